The van der Waals surface area contributed by atoms with Crippen LogP contribution in [0.15, 0.2) is 0 Å². The molecule has 0 heterocycles. The molecule has 0 fully saturated rings. The first-order valence-electron chi connectivity index (χ1n) is 6.35. The summed E-state index contributed by atoms with van der Waals surface area (Å²) in [6.45, 7) is 11.9. The van der Waals surface area contributed by atoms with Crippen LogP contribution < -0.4 is 10.6 Å². The quantitative estimate of drug-likeness (QED) is 0.662. The molecular formula is C13H28N2O2. The summed E-state index contributed by atoms with van der Waals surface area (Å²) in [4.78, 5) is 11.8. The zero-order chi connectivity index (χ0) is 13.7. The second-order valence-electron chi connectivity index (χ2n) is 6.09. The van der Waals surface area contributed by atoms with Gasteiger partial charge in [0.05, 0.1) is 11.6 Å². The van der Waals surface area contributed by atoms with Crippen LogP contribution in [0.3, 0.4) is 0 Å². The molecule has 2 unspecified atom stereocenters. The summed E-state index contributed by atoms with van der Waals surface area (Å²) in [7, 11) is 0. The Bertz CT molecular complexity index is 244. The molecule has 0 spiro atoms. The maximum atomic E-state index is 11.8. The molecule has 0 aliphatic heterocycles. The molecule has 4 heteroatoms. The Labute approximate surface area is 105 Å². The summed E-state index contributed by atoms with van der Waals surface area (Å²) in [6, 6.07) is -0.294. The lowest BCUT2D eigenvalue weighted by Crippen LogP contribution is -2.52. The molecule has 0 radical (unpaired) electrons. The number of amides is 1. The SMILES string of the molecule is CCCC(C)(O)CNC(C)C(=O)NC(C)(C)C. The van der Waals surface area contributed by atoms with Gasteiger partial charge in [-0.2, -0.15) is 0 Å². The van der Waals surface area contributed by atoms with Gasteiger partial charge in [0.2, 0.25) is 5.91 Å². The highest BCUT2D eigenvalue weighted by molar-refractivity contribution is 5.81. The second kappa shape index (κ2) is 6.36. The molecule has 4 nitrogen and oxygen atoms in total. The molecule has 3 N–H and O–H groups in total. The molecule has 1 amide bonds. The van der Waals surface area contributed by atoms with Gasteiger partial charge in [0.1, 0.15) is 0 Å². The van der Waals surface area contributed by atoms with Crippen molar-refractivity contribution in [2.45, 2.75) is 71.6 Å². The van der Waals surface area contributed by atoms with E-state index in [4.69, 9.17) is 0 Å². The Morgan fingerprint density at radius 1 is 1.29 bits per heavy atom. The van der Waals surface area contributed by atoms with Crippen molar-refractivity contribution in [1.29, 1.82) is 0 Å². The second-order valence-corrected chi connectivity index (χ2v) is 6.09. The fourth-order valence-corrected chi connectivity index (χ4v) is 1.57. The highest BCUT2D eigenvalue weighted by Gasteiger charge is 2.23. The van der Waals surface area contributed by atoms with Crippen molar-refractivity contribution in [2.75, 3.05) is 6.54 Å². The van der Waals surface area contributed by atoms with Gasteiger partial charge >= 0.3 is 0 Å². The number of carbonyl (C=O) groups excluding carboxylic acids is 1. The van der Waals surface area contributed by atoms with Crippen molar-refractivity contribution in [3.05, 3.63) is 0 Å². The number of carbonyl (C=O) groups is 1. The van der Waals surface area contributed by atoms with Crippen LogP contribution in [0.2, 0.25) is 0 Å². The van der Waals surface area contributed by atoms with E-state index in [1.807, 2.05) is 34.6 Å². The molecule has 17 heavy (non-hydrogen) atoms. The maximum absolute atomic E-state index is 11.8. The molecule has 0 rings (SSSR count). The summed E-state index contributed by atoms with van der Waals surface area (Å²) in [6.07, 6.45) is 1.66. The van der Waals surface area contributed by atoms with Crippen LogP contribution in [0.25, 0.3) is 0 Å². The number of nitrogens with one attached hydrogen (secondary N) is 2. The van der Waals surface area contributed by atoms with Gasteiger partial charge in [-0.25, -0.2) is 0 Å². The van der Waals surface area contributed by atoms with Crippen LogP contribution in [0, 0.1) is 0 Å². The Morgan fingerprint density at radius 3 is 2.24 bits per heavy atom. The lowest BCUT2D eigenvalue weighted by Gasteiger charge is -2.27. The van der Waals surface area contributed by atoms with E-state index in [0.717, 1.165) is 12.8 Å². The van der Waals surface area contributed by atoms with Gasteiger partial charge in [-0.1, -0.05) is 13.3 Å². The minimum atomic E-state index is -0.745. The van der Waals surface area contributed by atoms with Crippen LogP contribution in [-0.4, -0.2) is 34.7 Å². The number of hydrogen-bond acceptors (Lipinski definition) is 3. The highest BCUT2D eigenvalue weighted by Crippen LogP contribution is 2.10. The normalized spacial score (nSPS) is 17.4. The lowest BCUT2D eigenvalue weighted by molar-refractivity contribution is -0.124. The van der Waals surface area contributed by atoms with Crippen molar-refractivity contribution in [3.63, 3.8) is 0 Å². The van der Waals surface area contributed by atoms with Crippen LogP contribution in [0.1, 0.15) is 54.4 Å². The average molecular weight is 244 g/mol. The third-order valence-electron chi connectivity index (χ3n) is 2.47. The van der Waals surface area contributed by atoms with E-state index in [-0.39, 0.29) is 17.5 Å². The number of aliphatic hydroxyl groups is 1. The van der Waals surface area contributed by atoms with Gasteiger partial charge in [0, 0.05) is 12.1 Å². The highest BCUT2D eigenvalue weighted by atomic mass is 16.3. The molecule has 0 aromatic heterocycles. The molecule has 0 saturated heterocycles. The molecule has 0 aliphatic rings. The Kier molecular flexibility index (Phi) is 6.13. The van der Waals surface area contributed by atoms with E-state index in [9.17, 15) is 9.90 Å². The van der Waals surface area contributed by atoms with E-state index in [0.29, 0.717) is 6.54 Å². The number of rotatable bonds is 6. The predicted molar refractivity (Wildman–Crippen MR) is 70.9 cm³/mol. The topological polar surface area (TPSA) is 61.4 Å². The molecule has 0 saturated carbocycles. The zero-order valence-corrected chi connectivity index (χ0v) is 12.1. The van der Waals surface area contributed by atoms with Gasteiger partial charge in [0.15, 0.2) is 0 Å². The van der Waals surface area contributed by atoms with Crippen LogP contribution in [0.5, 0.6) is 0 Å². The first-order chi connectivity index (χ1) is 7.57. The summed E-state index contributed by atoms with van der Waals surface area (Å²) >= 11 is 0. The fraction of sp³-hybridized carbons (Fsp3) is 0.923. The van der Waals surface area contributed by atoms with E-state index in [1.54, 1.807) is 6.92 Å². The molecular weight excluding hydrogens is 216 g/mol. The van der Waals surface area contributed by atoms with Crippen molar-refractivity contribution in [1.82, 2.24) is 10.6 Å². The largest absolute Gasteiger partial charge is 0.389 e. The van der Waals surface area contributed by atoms with E-state index in [1.165, 1.54) is 0 Å². The van der Waals surface area contributed by atoms with E-state index < -0.39 is 5.60 Å². The maximum Gasteiger partial charge on any atom is 0.237 e. The van der Waals surface area contributed by atoms with Gasteiger partial charge < -0.3 is 15.7 Å². The predicted octanol–water partition coefficient (Wildman–Crippen LogP) is 1.43. The smallest absolute Gasteiger partial charge is 0.237 e. The van der Waals surface area contributed by atoms with E-state index >= 15 is 0 Å². The monoisotopic (exact) mass is 244 g/mol. The average Bonchev–Trinajstić information content (AvgIpc) is 2.11. The fourth-order valence-electron chi connectivity index (χ4n) is 1.57. The molecule has 0 aromatic carbocycles. The standard InChI is InChI=1S/C13H28N2O2/c1-7-8-13(6,17)9-14-10(2)11(16)15-12(3,4)5/h10,14,17H,7-9H2,1-6H3,(H,15,16). The summed E-state index contributed by atoms with van der Waals surface area (Å²) in [5.41, 5.74) is -0.968. The Hall–Kier alpha value is -0.610. The molecule has 0 aliphatic carbocycles. The molecule has 0 aromatic rings. The van der Waals surface area contributed by atoms with Gasteiger partial charge in [-0.15, -0.1) is 0 Å². The van der Waals surface area contributed by atoms with Crippen molar-refractivity contribution < 1.29 is 9.90 Å². The van der Waals surface area contributed by atoms with Crippen molar-refractivity contribution in [2.24, 2.45) is 0 Å². The summed E-state index contributed by atoms with van der Waals surface area (Å²) in [5.74, 6) is -0.0372. The van der Waals surface area contributed by atoms with Crippen LogP contribution in [-0.2, 0) is 4.79 Å². The minimum absolute atomic E-state index is 0.0372. The van der Waals surface area contributed by atoms with Gasteiger partial charge in [-0.3, -0.25) is 4.79 Å². The van der Waals surface area contributed by atoms with Crippen molar-refractivity contribution in [3.8, 4) is 0 Å². The molecule has 0 bridgehead atoms. The molecule has 2 atom stereocenters. The first kappa shape index (κ1) is 16.4. The Morgan fingerprint density at radius 2 is 1.82 bits per heavy atom. The first-order valence-corrected chi connectivity index (χ1v) is 6.35. The Balaban J connectivity index is 4.10. The third-order valence-corrected chi connectivity index (χ3v) is 2.47. The van der Waals surface area contributed by atoms with Crippen molar-refractivity contribution >= 4 is 5.91 Å². The van der Waals surface area contributed by atoms with Gasteiger partial charge in [0.25, 0.3) is 0 Å². The van der Waals surface area contributed by atoms with Gasteiger partial charge in [-0.05, 0) is 41.0 Å². The minimum Gasteiger partial charge on any atom is -0.389 e. The van der Waals surface area contributed by atoms with E-state index in [2.05, 4.69) is 10.6 Å². The lowest BCUT2D eigenvalue weighted by atomic mass is 10.0. The number of hydrogen-bond donors (Lipinski definition) is 3. The van der Waals surface area contributed by atoms with Crippen LogP contribution >= 0.6 is 0 Å². The zero-order valence-electron chi connectivity index (χ0n) is 12.1. The summed E-state index contributed by atoms with van der Waals surface area (Å²) in [5, 5.41) is 16.0. The third kappa shape index (κ3) is 8.16. The van der Waals surface area contributed by atoms with Crippen LogP contribution in [0.4, 0.5) is 0 Å². The summed E-state index contributed by atoms with van der Waals surface area (Å²) < 4.78 is 0. The molecule has 102 valence electrons.